The predicted octanol–water partition coefficient (Wildman–Crippen LogP) is 2.07. The van der Waals surface area contributed by atoms with E-state index in [1.54, 1.807) is 13.2 Å². The Morgan fingerprint density at radius 1 is 1.35 bits per heavy atom. The van der Waals surface area contributed by atoms with Crippen LogP contribution in [0.1, 0.15) is 26.2 Å². The zero-order chi connectivity index (χ0) is 18.9. The topological polar surface area (TPSA) is 90.9 Å². The molecule has 0 spiro atoms. The standard InChI is InChI=1S/C19H29N3O4/c1-3-14-13-22(9-7-15(14)11-18(24)20-8-10-23)19(25)21-16-5-4-6-17(12-16)26-2/h4-6,12,14-15,23H,3,7-11,13H2,1-2H3,(H,20,24)(H,21,25)/t14-,15-/m0/s1. The Hall–Kier alpha value is -2.28. The highest BCUT2D eigenvalue weighted by molar-refractivity contribution is 5.89. The highest BCUT2D eigenvalue weighted by atomic mass is 16.5. The minimum absolute atomic E-state index is 0.0308. The average Bonchev–Trinajstić information content (AvgIpc) is 2.66. The van der Waals surface area contributed by atoms with E-state index in [-0.39, 0.29) is 31.0 Å². The summed E-state index contributed by atoms with van der Waals surface area (Å²) in [6.45, 7) is 3.60. The van der Waals surface area contributed by atoms with E-state index in [9.17, 15) is 9.59 Å². The smallest absolute Gasteiger partial charge is 0.321 e. The minimum atomic E-state index is -0.125. The fourth-order valence-electron chi connectivity index (χ4n) is 3.41. The second-order valence-electron chi connectivity index (χ2n) is 6.60. The number of rotatable bonds is 7. The first-order valence-electron chi connectivity index (χ1n) is 9.14. The van der Waals surface area contributed by atoms with Crippen molar-refractivity contribution in [2.45, 2.75) is 26.2 Å². The van der Waals surface area contributed by atoms with Gasteiger partial charge in [0.05, 0.1) is 13.7 Å². The lowest BCUT2D eigenvalue weighted by Crippen LogP contribution is -2.46. The molecule has 1 fully saturated rings. The molecule has 0 unspecified atom stereocenters. The molecule has 1 aliphatic heterocycles. The van der Waals surface area contributed by atoms with Crippen molar-refractivity contribution in [3.05, 3.63) is 24.3 Å². The summed E-state index contributed by atoms with van der Waals surface area (Å²) < 4.78 is 5.18. The first kappa shape index (κ1) is 20.0. The normalized spacial score (nSPS) is 19.7. The maximum atomic E-state index is 12.6. The van der Waals surface area contributed by atoms with Crippen LogP contribution in [0.15, 0.2) is 24.3 Å². The van der Waals surface area contributed by atoms with Crippen molar-refractivity contribution in [1.29, 1.82) is 0 Å². The van der Waals surface area contributed by atoms with Gasteiger partial charge in [0.1, 0.15) is 5.75 Å². The Morgan fingerprint density at radius 2 is 2.15 bits per heavy atom. The van der Waals surface area contributed by atoms with E-state index >= 15 is 0 Å². The molecule has 2 atom stereocenters. The number of aliphatic hydroxyl groups excluding tert-OH is 1. The highest BCUT2D eigenvalue weighted by Crippen LogP contribution is 2.29. The van der Waals surface area contributed by atoms with Gasteiger partial charge in [-0.3, -0.25) is 4.79 Å². The summed E-state index contributed by atoms with van der Waals surface area (Å²) in [5.41, 5.74) is 0.702. The Bertz CT molecular complexity index is 608. The van der Waals surface area contributed by atoms with Crippen LogP contribution in [0.25, 0.3) is 0 Å². The number of benzene rings is 1. The first-order valence-corrected chi connectivity index (χ1v) is 9.14. The number of aliphatic hydroxyl groups is 1. The molecule has 1 aromatic carbocycles. The van der Waals surface area contributed by atoms with Crippen LogP contribution in [-0.4, -0.2) is 55.3 Å². The number of carbonyl (C=O) groups excluding carboxylic acids is 2. The molecule has 3 amide bonds. The quantitative estimate of drug-likeness (QED) is 0.692. The number of methoxy groups -OCH3 is 1. The molecule has 0 aliphatic carbocycles. The monoisotopic (exact) mass is 363 g/mol. The number of hydrogen-bond donors (Lipinski definition) is 3. The number of nitrogens with zero attached hydrogens (tertiary/aromatic N) is 1. The fourth-order valence-corrected chi connectivity index (χ4v) is 3.41. The van der Waals surface area contributed by atoms with Crippen LogP contribution in [0.5, 0.6) is 5.75 Å². The number of likely N-dealkylation sites (tertiary alicyclic amines) is 1. The van der Waals surface area contributed by atoms with Gasteiger partial charge in [-0.05, 0) is 30.4 Å². The number of ether oxygens (including phenoxy) is 1. The van der Waals surface area contributed by atoms with Crippen molar-refractivity contribution < 1.29 is 19.4 Å². The van der Waals surface area contributed by atoms with Gasteiger partial charge in [-0.2, -0.15) is 0 Å². The van der Waals surface area contributed by atoms with Crippen molar-refractivity contribution in [2.24, 2.45) is 11.8 Å². The van der Waals surface area contributed by atoms with Crippen molar-refractivity contribution in [1.82, 2.24) is 10.2 Å². The van der Waals surface area contributed by atoms with Crippen LogP contribution in [0.3, 0.4) is 0 Å². The van der Waals surface area contributed by atoms with E-state index in [1.165, 1.54) is 0 Å². The molecule has 7 nitrogen and oxygen atoms in total. The number of piperidine rings is 1. The molecule has 0 bridgehead atoms. The lowest BCUT2D eigenvalue weighted by molar-refractivity contribution is -0.123. The lowest BCUT2D eigenvalue weighted by atomic mass is 9.81. The van der Waals surface area contributed by atoms with Gasteiger partial charge < -0.3 is 25.4 Å². The van der Waals surface area contributed by atoms with Gasteiger partial charge in [0.15, 0.2) is 0 Å². The molecule has 1 aliphatic rings. The summed E-state index contributed by atoms with van der Waals surface area (Å²) >= 11 is 0. The molecule has 7 heteroatoms. The van der Waals surface area contributed by atoms with E-state index in [0.29, 0.717) is 36.9 Å². The number of nitrogens with one attached hydrogen (secondary N) is 2. The summed E-state index contributed by atoms with van der Waals surface area (Å²) in [5, 5.41) is 14.4. The molecule has 144 valence electrons. The Labute approximate surface area is 154 Å². The van der Waals surface area contributed by atoms with Gasteiger partial charge in [-0.1, -0.05) is 19.4 Å². The van der Waals surface area contributed by atoms with Crippen LogP contribution in [-0.2, 0) is 4.79 Å². The Kier molecular flexibility index (Phi) is 7.72. The molecule has 1 aromatic rings. The minimum Gasteiger partial charge on any atom is -0.497 e. The van der Waals surface area contributed by atoms with Crippen LogP contribution in [0, 0.1) is 11.8 Å². The molecule has 0 aromatic heterocycles. The summed E-state index contributed by atoms with van der Waals surface area (Å²) in [7, 11) is 1.59. The Balaban J connectivity index is 1.90. The van der Waals surface area contributed by atoms with Crippen molar-refractivity contribution >= 4 is 17.6 Å². The summed E-state index contributed by atoms with van der Waals surface area (Å²) in [6, 6.07) is 7.15. The van der Waals surface area contributed by atoms with Gasteiger partial charge in [0, 0.05) is 37.8 Å². The second-order valence-corrected chi connectivity index (χ2v) is 6.60. The number of amides is 3. The molecule has 0 radical (unpaired) electrons. The van der Waals surface area contributed by atoms with Gasteiger partial charge in [0.2, 0.25) is 5.91 Å². The lowest BCUT2D eigenvalue weighted by Gasteiger charge is -2.38. The summed E-state index contributed by atoms with van der Waals surface area (Å²) in [4.78, 5) is 26.3. The van der Waals surface area contributed by atoms with Crippen LogP contribution in [0.4, 0.5) is 10.5 Å². The molecule has 3 N–H and O–H groups in total. The van der Waals surface area contributed by atoms with Crippen molar-refractivity contribution in [2.75, 3.05) is 38.7 Å². The van der Waals surface area contributed by atoms with Crippen LogP contribution in [0.2, 0.25) is 0 Å². The largest absolute Gasteiger partial charge is 0.497 e. The maximum Gasteiger partial charge on any atom is 0.321 e. The number of anilines is 1. The third kappa shape index (κ3) is 5.62. The second kappa shape index (κ2) is 10.0. The zero-order valence-electron chi connectivity index (χ0n) is 15.5. The molecule has 0 saturated carbocycles. The van der Waals surface area contributed by atoms with E-state index in [0.717, 1.165) is 12.8 Å². The number of hydrogen-bond acceptors (Lipinski definition) is 4. The molecule has 26 heavy (non-hydrogen) atoms. The van der Waals surface area contributed by atoms with Gasteiger partial charge in [-0.25, -0.2) is 4.79 Å². The molecule has 1 saturated heterocycles. The highest BCUT2D eigenvalue weighted by Gasteiger charge is 2.31. The van der Waals surface area contributed by atoms with Crippen LogP contribution >= 0.6 is 0 Å². The number of carbonyl (C=O) groups is 2. The SMILES string of the molecule is CC[C@H]1CN(C(=O)Nc2cccc(OC)c2)CC[C@H]1CC(=O)NCCO. The summed E-state index contributed by atoms with van der Waals surface area (Å²) in [5.74, 6) is 1.22. The molecule has 1 heterocycles. The Morgan fingerprint density at radius 3 is 2.85 bits per heavy atom. The summed E-state index contributed by atoms with van der Waals surface area (Å²) in [6.07, 6.45) is 2.17. The van der Waals surface area contributed by atoms with Gasteiger partial charge in [0.25, 0.3) is 0 Å². The van der Waals surface area contributed by atoms with E-state index in [4.69, 9.17) is 9.84 Å². The van der Waals surface area contributed by atoms with Crippen molar-refractivity contribution in [3.8, 4) is 5.75 Å². The van der Waals surface area contributed by atoms with Gasteiger partial charge >= 0.3 is 6.03 Å². The van der Waals surface area contributed by atoms with Crippen LogP contribution < -0.4 is 15.4 Å². The molecular formula is C19H29N3O4. The average molecular weight is 363 g/mol. The predicted molar refractivity (Wildman–Crippen MR) is 100 cm³/mol. The third-order valence-electron chi connectivity index (χ3n) is 4.91. The third-order valence-corrected chi connectivity index (χ3v) is 4.91. The van der Waals surface area contributed by atoms with Gasteiger partial charge in [-0.15, -0.1) is 0 Å². The fraction of sp³-hybridized carbons (Fsp3) is 0.579. The molecule has 2 rings (SSSR count). The van der Waals surface area contributed by atoms with E-state index in [1.807, 2.05) is 23.1 Å². The first-order chi connectivity index (χ1) is 12.6. The molecular weight excluding hydrogens is 334 g/mol. The maximum absolute atomic E-state index is 12.6. The zero-order valence-corrected chi connectivity index (χ0v) is 15.5. The van der Waals surface area contributed by atoms with E-state index in [2.05, 4.69) is 17.6 Å². The van der Waals surface area contributed by atoms with E-state index < -0.39 is 0 Å². The number of urea groups is 1. The van der Waals surface area contributed by atoms with Crippen molar-refractivity contribution in [3.63, 3.8) is 0 Å².